The molecule has 1 heterocycles. The molecule has 2 amide bonds. The third-order valence-corrected chi connectivity index (χ3v) is 3.26. The first kappa shape index (κ1) is 18.0. The molecule has 0 fully saturated rings. The smallest absolute Gasteiger partial charge is 0.274 e. The molecule has 1 aromatic rings. The number of nitrogens with zero attached hydrogens (tertiary/aromatic N) is 3. The Hall–Kier alpha value is -2.02. The number of hydrogen-bond donors (Lipinski definition) is 1. The van der Waals surface area contributed by atoms with Gasteiger partial charge in [0.15, 0.2) is 0 Å². The van der Waals surface area contributed by atoms with Crippen LogP contribution in [0.15, 0.2) is 18.6 Å². The molecule has 7 nitrogen and oxygen atoms in total. The number of methoxy groups -OCH3 is 1. The molecule has 0 aromatic carbocycles. The van der Waals surface area contributed by atoms with Crippen LogP contribution < -0.4 is 5.32 Å². The fourth-order valence-corrected chi connectivity index (χ4v) is 1.77. The summed E-state index contributed by atoms with van der Waals surface area (Å²) in [5, 5.41) is 2.88. The van der Waals surface area contributed by atoms with Gasteiger partial charge in [0.05, 0.1) is 12.8 Å². The number of hydrogen-bond acceptors (Lipinski definition) is 5. The van der Waals surface area contributed by atoms with Gasteiger partial charge in [-0.05, 0) is 13.3 Å². The van der Waals surface area contributed by atoms with E-state index in [2.05, 4.69) is 15.3 Å². The molecular formula is C15H24N4O3. The number of aromatic nitrogens is 2. The van der Waals surface area contributed by atoms with Gasteiger partial charge >= 0.3 is 0 Å². The number of carbonyl (C=O) groups excluding carboxylic acids is 2. The van der Waals surface area contributed by atoms with Crippen molar-refractivity contribution < 1.29 is 14.3 Å². The second-order valence-electron chi connectivity index (χ2n) is 5.00. The maximum Gasteiger partial charge on any atom is 0.274 e. The number of rotatable bonds is 9. The second kappa shape index (κ2) is 9.83. The van der Waals surface area contributed by atoms with Crippen molar-refractivity contribution >= 4 is 11.8 Å². The maximum absolute atomic E-state index is 12.4. The standard InChI is InChI=1S/C15H24N4O3/c1-4-12(2)18-14(20)5-8-19(9-10-22-3)15(21)13-11-16-6-7-17-13/h6-7,11-12H,4-5,8-10H2,1-3H3,(H,18,20). The highest BCUT2D eigenvalue weighted by atomic mass is 16.5. The summed E-state index contributed by atoms with van der Waals surface area (Å²) < 4.78 is 5.02. The van der Waals surface area contributed by atoms with Crippen LogP contribution in [0.3, 0.4) is 0 Å². The Morgan fingerprint density at radius 1 is 1.36 bits per heavy atom. The average molecular weight is 308 g/mol. The van der Waals surface area contributed by atoms with E-state index in [1.807, 2.05) is 13.8 Å². The first-order valence-electron chi connectivity index (χ1n) is 7.42. The fraction of sp³-hybridized carbons (Fsp3) is 0.600. The minimum Gasteiger partial charge on any atom is -0.383 e. The largest absolute Gasteiger partial charge is 0.383 e. The molecule has 7 heteroatoms. The predicted molar refractivity (Wildman–Crippen MR) is 82.3 cm³/mol. The summed E-state index contributed by atoms with van der Waals surface area (Å²) >= 11 is 0. The van der Waals surface area contributed by atoms with Crippen molar-refractivity contribution in [2.45, 2.75) is 32.7 Å². The summed E-state index contributed by atoms with van der Waals surface area (Å²) in [6, 6.07) is 0.135. The fourth-order valence-electron chi connectivity index (χ4n) is 1.77. The van der Waals surface area contributed by atoms with E-state index in [1.54, 1.807) is 12.0 Å². The van der Waals surface area contributed by atoms with Gasteiger partial charge in [-0.25, -0.2) is 4.98 Å². The lowest BCUT2D eigenvalue weighted by molar-refractivity contribution is -0.121. The van der Waals surface area contributed by atoms with Crippen LogP contribution in [0, 0.1) is 0 Å². The minimum absolute atomic E-state index is 0.0660. The Morgan fingerprint density at radius 2 is 2.14 bits per heavy atom. The third-order valence-electron chi connectivity index (χ3n) is 3.26. The molecule has 1 unspecified atom stereocenters. The summed E-state index contributed by atoms with van der Waals surface area (Å²) in [5.74, 6) is -0.315. The number of ether oxygens (including phenoxy) is 1. The SMILES string of the molecule is CCC(C)NC(=O)CCN(CCOC)C(=O)c1cnccn1. The van der Waals surface area contributed by atoms with Gasteiger partial charge in [-0.15, -0.1) is 0 Å². The Kier molecular flexibility index (Phi) is 8.06. The van der Waals surface area contributed by atoms with Crippen LogP contribution in [0.4, 0.5) is 0 Å². The van der Waals surface area contributed by atoms with E-state index >= 15 is 0 Å². The number of amides is 2. The molecule has 1 N–H and O–H groups in total. The summed E-state index contributed by atoms with van der Waals surface area (Å²) in [6.07, 6.45) is 5.52. The zero-order valence-corrected chi connectivity index (χ0v) is 13.4. The van der Waals surface area contributed by atoms with Gasteiger partial charge in [-0.2, -0.15) is 0 Å². The van der Waals surface area contributed by atoms with E-state index in [-0.39, 0.29) is 30.0 Å². The molecule has 22 heavy (non-hydrogen) atoms. The zero-order valence-electron chi connectivity index (χ0n) is 13.4. The molecule has 0 saturated carbocycles. The average Bonchev–Trinajstić information content (AvgIpc) is 2.55. The van der Waals surface area contributed by atoms with E-state index in [0.717, 1.165) is 6.42 Å². The van der Waals surface area contributed by atoms with E-state index in [0.29, 0.717) is 19.7 Å². The van der Waals surface area contributed by atoms with E-state index in [1.165, 1.54) is 18.6 Å². The Bertz CT molecular complexity index is 467. The molecule has 0 aliphatic rings. The van der Waals surface area contributed by atoms with Gasteiger partial charge in [-0.1, -0.05) is 6.92 Å². The van der Waals surface area contributed by atoms with E-state index in [9.17, 15) is 9.59 Å². The van der Waals surface area contributed by atoms with Crippen LogP contribution in [0.5, 0.6) is 0 Å². The van der Waals surface area contributed by atoms with Crippen molar-refractivity contribution in [3.63, 3.8) is 0 Å². The molecule has 0 bridgehead atoms. The molecule has 1 atom stereocenters. The lowest BCUT2D eigenvalue weighted by Gasteiger charge is -2.22. The van der Waals surface area contributed by atoms with Gasteiger partial charge in [0.2, 0.25) is 5.91 Å². The predicted octanol–water partition coefficient (Wildman–Crippen LogP) is 0.870. The van der Waals surface area contributed by atoms with Crippen molar-refractivity contribution in [3.05, 3.63) is 24.3 Å². The monoisotopic (exact) mass is 308 g/mol. The number of carbonyl (C=O) groups is 2. The first-order chi connectivity index (χ1) is 10.6. The van der Waals surface area contributed by atoms with Gasteiger partial charge in [0.25, 0.3) is 5.91 Å². The summed E-state index contributed by atoms with van der Waals surface area (Å²) in [7, 11) is 1.57. The highest BCUT2D eigenvalue weighted by Gasteiger charge is 2.18. The van der Waals surface area contributed by atoms with Crippen LogP contribution in [0.1, 0.15) is 37.2 Å². The Balaban J connectivity index is 2.61. The molecule has 122 valence electrons. The molecule has 0 spiro atoms. The van der Waals surface area contributed by atoms with Crippen molar-refractivity contribution in [1.29, 1.82) is 0 Å². The van der Waals surface area contributed by atoms with Crippen molar-refractivity contribution in [3.8, 4) is 0 Å². The third kappa shape index (κ3) is 6.17. The molecular weight excluding hydrogens is 284 g/mol. The van der Waals surface area contributed by atoms with Crippen molar-refractivity contribution in [1.82, 2.24) is 20.2 Å². The molecule has 0 radical (unpaired) electrons. The first-order valence-corrected chi connectivity index (χ1v) is 7.42. The summed E-state index contributed by atoms with van der Waals surface area (Å²) in [4.78, 5) is 33.7. The van der Waals surface area contributed by atoms with Gasteiger partial charge in [0, 0.05) is 45.1 Å². The van der Waals surface area contributed by atoms with E-state index < -0.39 is 0 Å². The molecule has 0 aliphatic heterocycles. The minimum atomic E-state index is -0.249. The van der Waals surface area contributed by atoms with Gasteiger partial charge in [0.1, 0.15) is 5.69 Å². The zero-order chi connectivity index (χ0) is 16.4. The van der Waals surface area contributed by atoms with E-state index in [4.69, 9.17) is 4.74 Å². The number of nitrogens with one attached hydrogen (secondary N) is 1. The molecule has 1 rings (SSSR count). The lowest BCUT2D eigenvalue weighted by Crippen LogP contribution is -2.39. The van der Waals surface area contributed by atoms with Gasteiger partial charge < -0.3 is 15.0 Å². The van der Waals surface area contributed by atoms with Crippen molar-refractivity contribution in [2.75, 3.05) is 26.8 Å². The molecule has 0 saturated heterocycles. The normalized spacial score (nSPS) is 11.8. The quantitative estimate of drug-likeness (QED) is 0.732. The second-order valence-corrected chi connectivity index (χ2v) is 5.00. The molecule has 1 aromatic heterocycles. The topological polar surface area (TPSA) is 84.4 Å². The Labute approximate surface area is 131 Å². The Morgan fingerprint density at radius 3 is 2.73 bits per heavy atom. The van der Waals surface area contributed by atoms with Gasteiger partial charge in [-0.3, -0.25) is 14.6 Å². The highest BCUT2D eigenvalue weighted by Crippen LogP contribution is 2.02. The van der Waals surface area contributed by atoms with Crippen molar-refractivity contribution in [2.24, 2.45) is 0 Å². The maximum atomic E-state index is 12.4. The van der Waals surface area contributed by atoms with Crippen LogP contribution in [-0.4, -0.2) is 59.5 Å². The van der Waals surface area contributed by atoms with Crippen LogP contribution >= 0.6 is 0 Å². The van der Waals surface area contributed by atoms with Crippen LogP contribution in [-0.2, 0) is 9.53 Å². The highest BCUT2D eigenvalue weighted by molar-refractivity contribution is 5.92. The summed E-state index contributed by atoms with van der Waals surface area (Å²) in [6.45, 7) is 5.08. The molecule has 0 aliphatic carbocycles. The van der Waals surface area contributed by atoms with Crippen LogP contribution in [0.25, 0.3) is 0 Å². The van der Waals surface area contributed by atoms with Crippen LogP contribution in [0.2, 0.25) is 0 Å². The summed E-state index contributed by atoms with van der Waals surface area (Å²) in [5.41, 5.74) is 0.265. The lowest BCUT2D eigenvalue weighted by atomic mass is 10.2.